The van der Waals surface area contributed by atoms with E-state index in [1.165, 1.54) is 19.1 Å². The van der Waals surface area contributed by atoms with Gasteiger partial charge in [0.15, 0.2) is 5.75 Å². The molecule has 9 heteroatoms. The fourth-order valence-corrected chi connectivity index (χ4v) is 3.36. The summed E-state index contributed by atoms with van der Waals surface area (Å²) in [6, 6.07) is 8.76. The van der Waals surface area contributed by atoms with Gasteiger partial charge in [0, 0.05) is 17.7 Å². The van der Waals surface area contributed by atoms with Crippen molar-refractivity contribution >= 4 is 40.8 Å². The number of hydrogen-bond donors (Lipinski definition) is 2. The van der Waals surface area contributed by atoms with Crippen LogP contribution in [0.3, 0.4) is 0 Å². The Bertz CT molecular complexity index is 961. The minimum Gasteiger partial charge on any atom is -0.490 e. The zero-order chi connectivity index (χ0) is 21.4. The van der Waals surface area contributed by atoms with Crippen LogP contribution >= 0.6 is 23.2 Å². The topological polar surface area (TPSA) is 67.4 Å². The molecule has 0 bridgehead atoms. The number of carbonyl (C=O) groups excluding carboxylic acids is 2. The number of carbonyl (C=O) groups is 2. The zero-order valence-corrected chi connectivity index (χ0v) is 17.1. The first kappa shape index (κ1) is 21.3. The number of nitrogens with one attached hydrogen (secondary N) is 2. The van der Waals surface area contributed by atoms with Gasteiger partial charge in [-0.25, -0.2) is 13.6 Å². The van der Waals surface area contributed by atoms with E-state index >= 15 is 0 Å². The van der Waals surface area contributed by atoms with Gasteiger partial charge in [-0.3, -0.25) is 10.1 Å². The van der Waals surface area contributed by atoms with Crippen molar-refractivity contribution in [1.82, 2.24) is 5.32 Å². The molecule has 0 spiro atoms. The first-order valence-electron chi connectivity index (χ1n) is 8.70. The van der Waals surface area contributed by atoms with E-state index in [9.17, 15) is 18.4 Å². The number of alkyl halides is 2. The van der Waals surface area contributed by atoms with Gasteiger partial charge in [-0.1, -0.05) is 48.3 Å². The fraction of sp³-hybridized carbons (Fsp3) is 0.300. The Balaban J connectivity index is 1.63. The molecule has 1 aliphatic rings. The van der Waals surface area contributed by atoms with Crippen LogP contribution in [0.5, 0.6) is 5.75 Å². The van der Waals surface area contributed by atoms with E-state index in [2.05, 4.69) is 10.6 Å². The highest BCUT2D eigenvalue weighted by Crippen LogP contribution is 2.60. The van der Waals surface area contributed by atoms with Crippen LogP contribution in [0.25, 0.3) is 0 Å². The van der Waals surface area contributed by atoms with Crippen LogP contribution < -0.4 is 15.4 Å². The number of amides is 3. The Morgan fingerprint density at radius 3 is 2.31 bits per heavy atom. The molecule has 1 atom stereocenters. The van der Waals surface area contributed by atoms with E-state index in [0.717, 1.165) is 5.56 Å². The third-order valence-electron chi connectivity index (χ3n) is 4.78. The van der Waals surface area contributed by atoms with E-state index in [0.29, 0.717) is 5.56 Å². The maximum Gasteiger partial charge on any atom is 0.326 e. The summed E-state index contributed by atoms with van der Waals surface area (Å²) in [6.07, 6.45) is -0.260. The van der Waals surface area contributed by atoms with Crippen LogP contribution in [0.15, 0.2) is 36.4 Å². The Labute approximate surface area is 176 Å². The summed E-state index contributed by atoms with van der Waals surface area (Å²) in [5, 5.41) is 4.76. The highest BCUT2D eigenvalue weighted by atomic mass is 35.5. The summed E-state index contributed by atoms with van der Waals surface area (Å²) in [4.78, 5) is 24.3. The second-order valence-electron chi connectivity index (χ2n) is 7.22. The highest BCUT2D eigenvalue weighted by Gasteiger charge is 2.68. The van der Waals surface area contributed by atoms with Crippen LogP contribution in [0, 0.1) is 12.3 Å². The number of urea groups is 1. The van der Waals surface area contributed by atoms with Crippen LogP contribution in [-0.4, -0.2) is 24.5 Å². The molecule has 1 saturated carbocycles. The molecule has 0 aliphatic heterocycles. The van der Waals surface area contributed by atoms with Gasteiger partial charge in [0.1, 0.15) is 0 Å². The molecule has 1 fully saturated rings. The van der Waals surface area contributed by atoms with E-state index in [1.807, 2.05) is 0 Å². The summed E-state index contributed by atoms with van der Waals surface area (Å²) < 4.78 is 32.0. The molecule has 0 heterocycles. The van der Waals surface area contributed by atoms with Crippen LogP contribution in [0.1, 0.15) is 29.3 Å². The van der Waals surface area contributed by atoms with Gasteiger partial charge < -0.3 is 10.1 Å². The molecule has 1 unspecified atom stereocenters. The minimum absolute atomic E-state index is 0.0468. The predicted molar refractivity (Wildman–Crippen MR) is 107 cm³/mol. The standard InChI is InChI=1S/C20H18Cl2F2N2O3/c1-11-5-3-4-6-13(11)17(27)26-18(28)25-12-7-14(21)16(15(22)8-12)29-10-19(2)9-20(19,23)24/h3-8H,9-10H2,1-2H3,(H2,25,26,27,28). The Morgan fingerprint density at radius 2 is 1.76 bits per heavy atom. The number of imide groups is 1. The summed E-state index contributed by atoms with van der Waals surface area (Å²) in [6.45, 7) is 2.93. The molecule has 3 rings (SSSR count). The molecule has 3 amide bonds. The van der Waals surface area contributed by atoms with Crippen molar-refractivity contribution in [3.05, 3.63) is 57.6 Å². The molecular formula is C20H18Cl2F2N2O3. The van der Waals surface area contributed by atoms with Crippen molar-refractivity contribution in [3.63, 3.8) is 0 Å². The zero-order valence-electron chi connectivity index (χ0n) is 15.6. The van der Waals surface area contributed by atoms with Gasteiger partial charge in [0.05, 0.1) is 22.1 Å². The SMILES string of the molecule is Cc1ccccc1C(=O)NC(=O)Nc1cc(Cl)c(OCC2(C)CC2(F)F)c(Cl)c1. The molecule has 0 saturated heterocycles. The van der Waals surface area contributed by atoms with Crippen molar-refractivity contribution < 1.29 is 23.1 Å². The van der Waals surface area contributed by atoms with E-state index in [4.69, 9.17) is 27.9 Å². The van der Waals surface area contributed by atoms with Gasteiger partial charge in [0.2, 0.25) is 0 Å². The Kier molecular flexibility index (Phi) is 5.74. The average Bonchev–Trinajstić information content (AvgIpc) is 3.11. The van der Waals surface area contributed by atoms with Crippen LogP contribution in [-0.2, 0) is 0 Å². The molecule has 29 heavy (non-hydrogen) atoms. The first-order chi connectivity index (χ1) is 13.5. The van der Waals surface area contributed by atoms with E-state index < -0.39 is 23.3 Å². The van der Waals surface area contributed by atoms with Gasteiger partial charge in [-0.2, -0.15) is 0 Å². The van der Waals surface area contributed by atoms with E-state index in [-0.39, 0.29) is 34.5 Å². The van der Waals surface area contributed by atoms with Crippen molar-refractivity contribution in [2.75, 3.05) is 11.9 Å². The maximum absolute atomic E-state index is 13.3. The monoisotopic (exact) mass is 442 g/mol. The average molecular weight is 443 g/mol. The molecule has 2 aromatic rings. The molecule has 2 aromatic carbocycles. The summed E-state index contributed by atoms with van der Waals surface area (Å²) >= 11 is 12.3. The Hall–Kier alpha value is -2.38. The number of benzene rings is 2. The lowest BCUT2D eigenvalue weighted by Gasteiger charge is -2.16. The van der Waals surface area contributed by atoms with Crippen LogP contribution in [0.2, 0.25) is 10.0 Å². The van der Waals surface area contributed by atoms with Crippen molar-refractivity contribution in [2.24, 2.45) is 5.41 Å². The normalized spacial score (nSPS) is 19.4. The number of aryl methyl sites for hydroxylation is 1. The second-order valence-corrected chi connectivity index (χ2v) is 8.04. The summed E-state index contributed by atoms with van der Waals surface area (Å²) in [7, 11) is 0. The third kappa shape index (κ3) is 4.62. The summed E-state index contributed by atoms with van der Waals surface area (Å²) in [5.41, 5.74) is 0.0606. The number of hydrogen-bond acceptors (Lipinski definition) is 3. The molecular weight excluding hydrogens is 425 g/mol. The lowest BCUT2D eigenvalue weighted by Crippen LogP contribution is -2.34. The molecule has 5 nitrogen and oxygen atoms in total. The quantitative estimate of drug-likeness (QED) is 0.624. The number of ether oxygens (including phenoxy) is 1. The lowest BCUT2D eigenvalue weighted by atomic mass is 10.1. The van der Waals surface area contributed by atoms with E-state index in [1.54, 1.807) is 31.2 Å². The largest absolute Gasteiger partial charge is 0.490 e. The van der Waals surface area contributed by atoms with Crippen molar-refractivity contribution in [1.29, 1.82) is 0 Å². The van der Waals surface area contributed by atoms with Gasteiger partial charge in [0.25, 0.3) is 11.8 Å². The minimum atomic E-state index is -2.77. The predicted octanol–water partition coefficient (Wildman–Crippen LogP) is 5.69. The molecule has 154 valence electrons. The van der Waals surface area contributed by atoms with Gasteiger partial charge in [-0.05, 0) is 30.7 Å². The third-order valence-corrected chi connectivity index (χ3v) is 5.34. The molecule has 1 aliphatic carbocycles. The molecule has 0 radical (unpaired) electrons. The number of anilines is 1. The van der Waals surface area contributed by atoms with Crippen LogP contribution in [0.4, 0.5) is 19.3 Å². The first-order valence-corrected chi connectivity index (χ1v) is 9.46. The second kappa shape index (κ2) is 7.80. The fourth-order valence-electron chi connectivity index (χ4n) is 2.76. The molecule has 2 N–H and O–H groups in total. The smallest absolute Gasteiger partial charge is 0.326 e. The highest BCUT2D eigenvalue weighted by molar-refractivity contribution is 6.37. The number of rotatable bonds is 5. The molecule has 0 aromatic heterocycles. The summed E-state index contributed by atoms with van der Waals surface area (Å²) in [5.74, 6) is -3.27. The van der Waals surface area contributed by atoms with Crippen molar-refractivity contribution in [2.45, 2.75) is 26.2 Å². The maximum atomic E-state index is 13.3. The Morgan fingerprint density at radius 1 is 1.17 bits per heavy atom. The number of halogens is 4. The van der Waals surface area contributed by atoms with Gasteiger partial charge >= 0.3 is 6.03 Å². The lowest BCUT2D eigenvalue weighted by molar-refractivity contribution is 0.0499. The van der Waals surface area contributed by atoms with Gasteiger partial charge in [-0.15, -0.1) is 0 Å². The van der Waals surface area contributed by atoms with Crippen molar-refractivity contribution in [3.8, 4) is 5.75 Å².